The van der Waals surface area contributed by atoms with E-state index in [1.165, 1.54) is 24.9 Å². The summed E-state index contributed by atoms with van der Waals surface area (Å²) >= 11 is 6.70. The molecule has 1 aliphatic rings. The van der Waals surface area contributed by atoms with Crippen LogP contribution in [0.3, 0.4) is 0 Å². The molecule has 1 aliphatic heterocycles. The third-order valence-electron chi connectivity index (χ3n) is 3.99. The normalized spacial score (nSPS) is 17.2. The SMILES string of the molecule is COc1cc(/C=C2\SC(=S)N(C(C)c3ccccc3)C2=O)ccc1O. The fourth-order valence-corrected chi connectivity index (χ4v) is 4.05. The molecule has 1 unspecified atom stereocenters. The Hall–Kier alpha value is -2.31. The molecular weight excluding hydrogens is 354 g/mol. The van der Waals surface area contributed by atoms with E-state index in [-0.39, 0.29) is 17.7 Å². The average molecular weight is 371 g/mol. The van der Waals surface area contributed by atoms with Gasteiger partial charge in [-0.25, -0.2) is 0 Å². The smallest absolute Gasteiger partial charge is 0.266 e. The molecule has 0 aliphatic carbocycles. The maximum Gasteiger partial charge on any atom is 0.266 e. The van der Waals surface area contributed by atoms with Crippen molar-refractivity contribution >= 4 is 40.3 Å². The molecule has 0 bridgehead atoms. The van der Waals surface area contributed by atoms with E-state index in [1.54, 1.807) is 23.1 Å². The van der Waals surface area contributed by atoms with Crippen molar-refractivity contribution in [1.82, 2.24) is 4.90 Å². The fraction of sp³-hybridized carbons (Fsp3) is 0.158. The molecule has 1 atom stereocenters. The maximum atomic E-state index is 12.8. The number of amides is 1. The summed E-state index contributed by atoms with van der Waals surface area (Å²) < 4.78 is 5.65. The van der Waals surface area contributed by atoms with Crippen molar-refractivity contribution in [3.05, 3.63) is 64.6 Å². The Balaban J connectivity index is 1.88. The van der Waals surface area contributed by atoms with Gasteiger partial charge in [-0.05, 0) is 36.3 Å². The predicted molar refractivity (Wildman–Crippen MR) is 105 cm³/mol. The molecule has 0 saturated carbocycles. The minimum atomic E-state index is -0.131. The molecule has 1 fully saturated rings. The van der Waals surface area contributed by atoms with E-state index in [0.717, 1.165) is 11.1 Å². The van der Waals surface area contributed by atoms with Crippen LogP contribution in [0.25, 0.3) is 6.08 Å². The summed E-state index contributed by atoms with van der Waals surface area (Å²) in [7, 11) is 1.49. The van der Waals surface area contributed by atoms with Crippen LogP contribution in [0.4, 0.5) is 0 Å². The molecule has 1 amide bonds. The number of aromatic hydroxyl groups is 1. The minimum Gasteiger partial charge on any atom is -0.504 e. The lowest BCUT2D eigenvalue weighted by Crippen LogP contribution is -2.30. The predicted octanol–water partition coefficient (Wildman–Crippen LogP) is 4.36. The molecule has 2 aromatic rings. The lowest BCUT2D eigenvalue weighted by Gasteiger charge is -2.23. The van der Waals surface area contributed by atoms with Crippen LogP contribution < -0.4 is 4.74 Å². The van der Waals surface area contributed by atoms with Crippen molar-refractivity contribution in [2.24, 2.45) is 0 Å². The summed E-state index contributed by atoms with van der Waals surface area (Å²) in [6, 6.07) is 14.6. The van der Waals surface area contributed by atoms with Crippen LogP contribution in [0.5, 0.6) is 11.5 Å². The highest BCUT2D eigenvalue weighted by Crippen LogP contribution is 2.38. The number of thioether (sulfide) groups is 1. The number of hydrogen-bond acceptors (Lipinski definition) is 5. The van der Waals surface area contributed by atoms with Crippen LogP contribution in [0.15, 0.2) is 53.4 Å². The molecule has 0 aromatic heterocycles. The molecule has 6 heteroatoms. The zero-order valence-electron chi connectivity index (χ0n) is 13.8. The Morgan fingerprint density at radius 3 is 2.64 bits per heavy atom. The van der Waals surface area contributed by atoms with Gasteiger partial charge in [-0.1, -0.05) is 60.4 Å². The van der Waals surface area contributed by atoms with Gasteiger partial charge in [0.1, 0.15) is 4.32 Å². The number of phenolic OH excluding ortho intramolecular Hbond substituents is 1. The van der Waals surface area contributed by atoms with Crippen molar-refractivity contribution in [2.75, 3.05) is 7.11 Å². The maximum absolute atomic E-state index is 12.8. The molecule has 1 heterocycles. The Bertz CT molecular complexity index is 849. The van der Waals surface area contributed by atoms with E-state index in [9.17, 15) is 9.90 Å². The van der Waals surface area contributed by atoms with Crippen molar-refractivity contribution in [3.63, 3.8) is 0 Å². The van der Waals surface area contributed by atoms with Gasteiger partial charge >= 0.3 is 0 Å². The summed E-state index contributed by atoms with van der Waals surface area (Å²) in [5.74, 6) is 0.310. The number of carbonyl (C=O) groups is 1. The van der Waals surface area contributed by atoms with Crippen molar-refractivity contribution in [3.8, 4) is 11.5 Å². The second kappa shape index (κ2) is 7.29. The number of thiocarbonyl (C=S) groups is 1. The van der Waals surface area contributed by atoms with E-state index < -0.39 is 0 Å². The highest BCUT2D eigenvalue weighted by Gasteiger charge is 2.35. The van der Waals surface area contributed by atoms with Gasteiger partial charge in [0.25, 0.3) is 5.91 Å². The number of rotatable bonds is 4. The Labute approximate surface area is 156 Å². The number of methoxy groups -OCH3 is 1. The molecule has 4 nitrogen and oxygen atoms in total. The van der Waals surface area contributed by atoms with Gasteiger partial charge in [-0.15, -0.1) is 0 Å². The van der Waals surface area contributed by atoms with Crippen molar-refractivity contribution in [2.45, 2.75) is 13.0 Å². The van der Waals surface area contributed by atoms with Gasteiger partial charge in [0.05, 0.1) is 18.1 Å². The first-order valence-electron chi connectivity index (χ1n) is 7.70. The van der Waals surface area contributed by atoms with Crippen LogP contribution >= 0.6 is 24.0 Å². The molecule has 2 aromatic carbocycles. The summed E-state index contributed by atoms with van der Waals surface area (Å²) in [6.07, 6.45) is 1.76. The standard InChI is InChI=1S/C19H17NO3S2/c1-12(14-6-4-3-5-7-14)20-18(22)17(25-19(20)24)11-13-8-9-15(21)16(10-13)23-2/h3-12,21H,1-2H3/b17-11-. The number of hydrogen-bond donors (Lipinski definition) is 1. The summed E-state index contributed by atoms with van der Waals surface area (Å²) in [6.45, 7) is 1.96. The Morgan fingerprint density at radius 2 is 1.96 bits per heavy atom. The van der Waals surface area contributed by atoms with Crippen LogP contribution in [0, 0.1) is 0 Å². The second-order valence-corrected chi connectivity index (χ2v) is 7.25. The quantitative estimate of drug-likeness (QED) is 0.639. The Kier molecular flexibility index (Phi) is 5.11. The van der Waals surface area contributed by atoms with Gasteiger partial charge < -0.3 is 9.84 Å². The molecule has 1 saturated heterocycles. The first-order valence-corrected chi connectivity index (χ1v) is 8.92. The van der Waals surface area contributed by atoms with Crippen molar-refractivity contribution < 1.29 is 14.6 Å². The molecule has 1 N–H and O–H groups in total. The van der Waals surface area contributed by atoms with Gasteiger partial charge in [-0.3, -0.25) is 9.69 Å². The topological polar surface area (TPSA) is 49.8 Å². The highest BCUT2D eigenvalue weighted by atomic mass is 32.2. The minimum absolute atomic E-state index is 0.0601. The number of carbonyl (C=O) groups excluding carboxylic acids is 1. The number of nitrogens with zero attached hydrogens (tertiary/aromatic N) is 1. The molecule has 0 spiro atoms. The van der Waals surface area contributed by atoms with E-state index in [4.69, 9.17) is 17.0 Å². The number of ether oxygens (including phenoxy) is 1. The first-order chi connectivity index (χ1) is 12.0. The van der Waals surface area contributed by atoms with E-state index in [0.29, 0.717) is 15.0 Å². The molecular formula is C19H17NO3S2. The summed E-state index contributed by atoms with van der Waals surface area (Å²) in [5, 5.41) is 9.68. The molecule has 0 radical (unpaired) electrons. The second-order valence-electron chi connectivity index (χ2n) is 5.57. The van der Waals surface area contributed by atoms with Crippen LogP contribution in [0.1, 0.15) is 24.1 Å². The Morgan fingerprint density at radius 1 is 1.24 bits per heavy atom. The third kappa shape index (κ3) is 3.55. The zero-order valence-corrected chi connectivity index (χ0v) is 15.4. The highest BCUT2D eigenvalue weighted by molar-refractivity contribution is 8.26. The van der Waals surface area contributed by atoms with Gasteiger partial charge in [0, 0.05) is 0 Å². The molecule has 3 rings (SSSR count). The zero-order chi connectivity index (χ0) is 18.0. The third-order valence-corrected chi connectivity index (χ3v) is 5.32. The number of phenols is 1. The van der Waals surface area contributed by atoms with E-state index in [2.05, 4.69) is 0 Å². The average Bonchev–Trinajstić information content (AvgIpc) is 2.90. The summed E-state index contributed by atoms with van der Waals surface area (Å²) in [4.78, 5) is 15.0. The largest absolute Gasteiger partial charge is 0.504 e. The summed E-state index contributed by atoms with van der Waals surface area (Å²) in [5.41, 5.74) is 1.80. The van der Waals surface area contributed by atoms with Gasteiger partial charge in [-0.2, -0.15) is 0 Å². The van der Waals surface area contributed by atoms with E-state index in [1.807, 2.05) is 37.3 Å². The molecule has 25 heavy (non-hydrogen) atoms. The first kappa shape index (κ1) is 17.5. The number of benzene rings is 2. The van der Waals surface area contributed by atoms with E-state index >= 15 is 0 Å². The van der Waals surface area contributed by atoms with Crippen LogP contribution in [-0.4, -0.2) is 27.3 Å². The van der Waals surface area contributed by atoms with Gasteiger partial charge in [0.2, 0.25) is 0 Å². The monoisotopic (exact) mass is 371 g/mol. The fourth-order valence-electron chi connectivity index (χ4n) is 2.63. The van der Waals surface area contributed by atoms with Crippen LogP contribution in [-0.2, 0) is 4.79 Å². The van der Waals surface area contributed by atoms with Crippen LogP contribution in [0.2, 0.25) is 0 Å². The lowest BCUT2D eigenvalue weighted by molar-refractivity contribution is -0.123. The van der Waals surface area contributed by atoms with Crippen molar-refractivity contribution in [1.29, 1.82) is 0 Å². The van der Waals surface area contributed by atoms with Gasteiger partial charge in [0.15, 0.2) is 11.5 Å². The lowest BCUT2D eigenvalue weighted by atomic mass is 10.1. The molecule has 128 valence electrons.